The predicted molar refractivity (Wildman–Crippen MR) is 68.4 cm³/mol. The summed E-state index contributed by atoms with van der Waals surface area (Å²) in [5.74, 6) is 1.37. The number of unbranched alkanes of at least 4 members (excludes halogenated alkanes) is 3. The molecule has 0 radical (unpaired) electrons. The molecule has 0 spiro atoms. The maximum Gasteiger partial charge on any atom is 0.233 e. The summed E-state index contributed by atoms with van der Waals surface area (Å²) < 4.78 is 0. The van der Waals surface area contributed by atoms with Crippen LogP contribution in [0.5, 0.6) is 0 Å². The number of likely N-dealkylation sites (N-methyl/N-ethyl adjacent to an activating group) is 1. The van der Waals surface area contributed by atoms with E-state index in [1.54, 1.807) is 0 Å². The van der Waals surface area contributed by atoms with Crippen LogP contribution in [0.25, 0.3) is 0 Å². The summed E-state index contributed by atoms with van der Waals surface area (Å²) in [5.41, 5.74) is 0. The second-order valence-electron chi connectivity index (χ2n) is 3.54. The van der Waals surface area contributed by atoms with Crippen molar-refractivity contribution in [1.29, 1.82) is 0 Å². The highest BCUT2D eigenvalue weighted by atomic mass is 32.2. The molecule has 0 bridgehead atoms. The molecule has 0 atom stereocenters. The number of carbonyl (C=O) groups excluding carboxylic acids is 1. The van der Waals surface area contributed by atoms with E-state index in [4.69, 9.17) is 0 Å². The van der Waals surface area contributed by atoms with Gasteiger partial charge in [0.25, 0.3) is 0 Å². The van der Waals surface area contributed by atoms with E-state index in [0.717, 1.165) is 13.1 Å². The van der Waals surface area contributed by atoms with Crippen molar-refractivity contribution in [2.45, 2.75) is 32.6 Å². The number of thioether (sulfide) groups is 1. The first-order valence-electron chi connectivity index (χ1n) is 5.77. The maximum atomic E-state index is 11.0. The summed E-state index contributed by atoms with van der Waals surface area (Å²) in [7, 11) is 0. The Morgan fingerprint density at radius 2 is 1.93 bits per heavy atom. The molecular formula is C11H24N2OS. The molecule has 0 fully saturated rings. The minimum Gasteiger partial charge on any atom is -0.355 e. The summed E-state index contributed by atoms with van der Waals surface area (Å²) >= 11 is 1.91. The van der Waals surface area contributed by atoms with Gasteiger partial charge in [-0.15, -0.1) is 0 Å². The number of nitrogens with one attached hydrogen (secondary N) is 2. The van der Waals surface area contributed by atoms with Gasteiger partial charge in [0.2, 0.25) is 5.91 Å². The fraction of sp³-hybridized carbons (Fsp3) is 0.909. The molecule has 15 heavy (non-hydrogen) atoms. The lowest BCUT2D eigenvalue weighted by Gasteiger charge is -2.04. The molecule has 0 saturated heterocycles. The third-order valence-corrected chi connectivity index (χ3v) is 2.81. The molecule has 0 aromatic heterocycles. The summed E-state index contributed by atoms with van der Waals surface area (Å²) in [6.45, 7) is 4.06. The van der Waals surface area contributed by atoms with Crippen LogP contribution in [-0.2, 0) is 4.79 Å². The molecule has 0 heterocycles. The van der Waals surface area contributed by atoms with Gasteiger partial charge in [0, 0.05) is 6.54 Å². The van der Waals surface area contributed by atoms with Crippen molar-refractivity contribution in [3.63, 3.8) is 0 Å². The zero-order valence-corrected chi connectivity index (χ0v) is 10.8. The Balaban J connectivity index is 3.01. The Morgan fingerprint density at radius 1 is 1.20 bits per heavy atom. The fourth-order valence-electron chi connectivity index (χ4n) is 1.31. The van der Waals surface area contributed by atoms with Gasteiger partial charge in [-0.3, -0.25) is 4.79 Å². The Hall–Kier alpha value is -0.220. The number of carbonyl (C=O) groups is 1. The van der Waals surface area contributed by atoms with Crippen LogP contribution in [0.1, 0.15) is 32.6 Å². The lowest BCUT2D eigenvalue weighted by atomic mass is 10.2. The number of hydrogen-bond donors (Lipinski definition) is 2. The van der Waals surface area contributed by atoms with Crippen molar-refractivity contribution in [2.24, 2.45) is 0 Å². The molecule has 0 aromatic rings. The summed E-state index contributed by atoms with van der Waals surface area (Å²) in [6, 6.07) is 0. The van der Waals surface area contributed by atoms with E-state index in [2.05, 4.69) is 16.9 Å². The van der Waals surface area contributed by atoms with Crippen LogP contribution in [0, 0.1) is 0 Å². The molecule has 0 unspecified atom stereocenters. The van der Waals surface area contributed by atoms with E-state index in [9.17, 15) is 4.79 Å². The predicted octanol–water partition coefficient (Wildman–Crippen LogP) is 1.64. The van der Waals surface area contributed by atoms with Gasteiger partial charge in [0.1, 0.15) is 0 Å². The Morgan fingerprint density at radius 3 is 2.60 bits per heavy atom. The number of amides is 1. The SMILES string of the molecule is CCNC(=O)CNCCCCCCSC. The molecule has 1 amide bonds. The van der Waals surface area contributed by atoms with Gasteiger partial charge < -0.3 is 10.6 Å². The quantitative estimate of drug-likeness (QED) is 0.563. The Kier molecular flexibility index (Phi) is 11.7. The minimum absolute atomic E-state index is 0.0971. The lowest BCUT2D eigenvalue weighted by Crippen LogP contribution is -2.33. The van der Waals surface area contributed by atoms with E-state index < -0.39 is 0 Å². The molecular weight excluding hydrogens is 208 g/mol. The van der Waals surface area contributed by atoms with Gasteiger partial charge in [-0.1, -0.05) is 12.8 Å². The largest absolute Gasteiger partial charge is 0.355 e. The van der Waals surface area contributed by atoms with E-state index in [0.29, 0.717) is 6.54 Å². The normalized spacial score (nSPS) is 10.3. The number of rotatable bonds is 10. The standard InChI is InChI=1S/C11H24N2OS/c1-3-13-11(14)10-12-8-6-4-5-7-9-15-2/h12H,3-10H2,1-2H3,(H,13,14). The van der Waals surface area contributed by atoms with Gasteiger partial charge in [0.05, 0.1) is 6.54 Å². The van der Waals surface area contributed by atoms with Gasteiger partial charge in [-0.05, 0) is 38.3 Å². The smallest absolute Gasteiger partial charge is 0.233 e. The summed E-state index contributed by atoms with van der Waals surface area (Å²) in [4.78, 5) is 11.0. The molecule has 0 saturated carbocycles. The maximum absolute atomic E-state index is 11.0. The summed E-state index contributed by atoms with van der Waals surface area (Å²) in [5, 5.41) is 5.90. The molecule has 4 heteroatoms. The van der Waals surface area contributed by atoms with E-state index in [1.807, 2.05) is 18.7 Å². The third-order valence-electron chi connectivity index (χ3n) is 2.11. The van der Waals surface area contributed by atoms with Crippen LogP contribution in [-0.4, -0.2) is 37.6 Å². The molecule has 0 aliphatic heterocycles. The van der Waals surface area contributed by atoms with Crippen molar-refractivity contribution in [3.8, 4) is 0 Å². The van der Waals surface area contributed by atoms with Crippen molar-refractivity contribution >= 4 is 17.7 Å². The first-order valence-corrected chi connectivity index (χ1v) is 7.17. The van der Waals surface area contributed by atoms with E-state index in [-0.39, 0.29) is 5.91 Å². The van der Waals surface area contributed by atoms with Gasteiger partial charge in [-0.25, -0.2) is 0 Å². The van der Waals surface area contributed by atoms with Crippen molar-refractivity contribution in [2.75, 3.05) is 31.6 Å². The van der Waals surface area contributed by atoms with Gasteiger partial charge in [-0.2, -0.15) is 11.8 Å². The van der Waals surface area contributed by atoms with E-state index in [1.165, 1.54) is 31.4 Å². The number of hydrogen-bond acceptors (Lipinski definition) is 3. The van der Waals surface area contributed by atoms with Crippen LogP contribution in [0.4, 0.5) is 0 Å². The zero-order chi connectivity index (χ0) is 11.4. The Labute approximate surface area is 97.8 Å². The van der Waals surface area contributed by atoms with E-state index >= 15 is 0 Å². The van der Waals surface area contributed by atoms with Crippen LogP contribution >= 0.6 is 11.8 Å². The molecule has 0 aromatic carbocycles. The highest BCUT2D eigenvalue weighted by Gasteiger charge is 1.96. The first kappa shape index (κ1) is 14.8. The summed E-state index contributed by atoms with van der Waals surface area (Å²) in [6.07, 6.45) is 7.21. The molecule has 0 aliphatic rings. The molecule has 0 aliphatic carbocycles. The fourth-order valence-corrected chi connectivity index (χ4v) is 1.80. The van der Waals surface area contributed by atoms with Gasteiger partial charge in [0.15, 0.2) is 0 Å². The van der Waals surface area contributed by atoms with Crippen LogP contribution in [0.15, 0.2) is 0 Å². The lowest BCUT2D eigenvalue weighted by molar-refractivity contribution is -0.120. The van der Waals surface area contributed by atoms with Crippen molar-refractivity contribution in [1.82, 2.24) is 10.6 Å². The van der Waals surface area contributed by atoms with Crippen molar-refractivity contribution < 1.29 is 4.79 Å². The zero-order valence-electron chi connectivity index (χ0n) is 9.97. The molecule has 2 N–H and O–H groups in total. The molecule has 90 valence electrons. The Bertz CT molecular complexity index is 154. The van der Waals surface area contributed by atoms with Crippen molar-refractivity contribution in [3.05, 3.63) is 0 Å². The van der Waals surface area contributed by atoms with Crippen LogP contribution < -0.4 is 10.6 Å². The molecule has 3 nitrogen and oxygen atoms in total. The van der Waals surface area contributed by atoms with Crippen LogP contribution in [0.3, 0.4) is 0 Å². The molecule has 0 rings (SSSR count). The first-order chi connectivity index (χ1) is 7.31. The second-order valence-corrected chi connectivity index (χ2v) is 4.52. The average Bonchev–Trinajstić information content (AvgIpc) is 2.22. The second kappa shape index (κ2) is 11.9. The average molecular weight is 232 g/mol. The topological polar surface area (TPSA) is 41.1 Å². The third kappa shape index (κ3) is 11.7. The van der Waals surface area contributed by atoms with Crippen LogP contribution in [0.2, 0.25) is 0 Å². The van der Waals surface area contributed by atoms with Gasteiger partial charge >= 0.3 is 0 Å². The highest BCUT2D eigenvalue weighted by Crippen LogP contribution is 2.03. The minimum atomic E-state index is 0.0971. The highest BCUT2D eigenvalue weighted by molar-refractivity contribution is 7.98. The monoisotopic (exact) mass is 232 g/mol.